The van der Waals surface area contributed by atoms with Gasteiger partial charge in [-0.3, -0.25) is 4.79 Å². The Bertz CT molecular complexity index is 332. The van der Waals surface area contributed by atoms with Crippen molar-refractivity contribution in [2.75, 3.05) is 6.54 Å². The van der Waals surface area contributed by atoms with Gasteiger partial charge >= 0.3 is 0 Å². The summed E-state index contributed by atoms with van der Waals surface area (Å²) in [6.45, 7) is 4.49. The zero-order chi connectivity index (χ0) is 12.0. The molecule has 0 spiro atoms. The molecule has 1 amide bonds. The first-order valence-corrected chi connectivity index (χ1v) is 5.73. The van der Waals surface area contributed by atoms with E-state index >= 15 is 0 Å². The van der Waals surface area contributed by atoms with E-state index in [0.29, 0.717) is 13.0 Å². The van der Waals surface area contributed by atoms with E-state index in [1.807, 2.05) is 19.1 Å². The Balaban J connectivity index is 2.49. The maximum atomic E-state index is 11.6. The van der Waals surface area contributed by atoms with Gasteiger partial charge < -0.3 is 11.1 Å². The molecule has 3 nitrogen and oxygen atoms in total. The number of carbonyl (C=O) groups is 1. The molecule has 0 heterocycles. The summed E-state index contributed by atoms with van der Waals surface area (Å²) in [6, 6.07) is 8.18. The number of benzene rings is 1. The molecule has 0 aliphatic carbocycles. The maximum Gasteiger partial charge on any atom is 0.224 e. The molecule has 16 heavy (non-hydrogen) atoms. The third-order valence-corrected chi connectivity index (χ3v) is 2.56. The van der Waals surface area contributed by atoms with Crippen molar-refractivity contribution in [1.82, 2.24) is 5.32 Å². The van der Waals surface area contributed by atoms with E-state index in [1.165, 1.54) is 5.56 Å². The predicted octanol–water partition coefficient (Wildman–Crippen LogP) is 1.25. The van der Waals surface area contributed by atoms with Crippen LogP contribution in [-0.2, 0) is 17.6 Å². The Kier molecular flexibility index (Phi) is 4.99. The summed E-state index contributed by atoms with van der Waals surface area (Å²) >= 11 is 0. The van der Waals surface area contributed by atoms with Crippen molar-refractivity contribution in [1.29, 1.82) is 0 Å². The quantitative estimate of drug-likeness (QED) is 0.784. The summed E-state index contributed by atoms with van der Waals surface area (Å²) in [5.74, 6) is 0.0298. The molecule has 1 aromatic rings. The van der Waals surface area contributed by atoms with Crippen molar-refractivity contribution < 1.29 is 4.79 Å². The molecule has 0 bridgehead atoms. The molecule has 1 rings (SSSR count). The topological polar surface area (TPSA) is 55.1 Å². The minimum atomic E-state index is 0.0298. The Labute approximate surface area is 97.0 Å². The highest BCUT2D eigenvalue weighted by atomic mass is 16.1. The van der Waals surface area contributed by atoms with E-state index in [-0.39, 0.29) is 11.9 Å². The van der Waals surface area contributed by atoms with Crippen LogP contribution < -0.4 is 11.1 Å². The van der Waals surface area contributed by atoms with Crippen molar-refractivity contribution in [2.24, 2.45) is 5.73 Å². The van der Waals surface area contributed by atoms with E-state index in [2.05, 4.69) is 24.4 Å². The van der Waals surface area contributed by atoms with Crippen LogP contribution in [0.1, 0.15) is 25.0 Å². The molecule has 0 saturated heterocycles. The second kappa shape index (κ2) is 6.28. The van der Waals surface area contributed by atoms with Crippen LogP contribution in [0.25, 0.3) is 0 Å². The van der Waals surface area contributed by atoms with Crippen LogP contribution in [0.3, 0.4) is 0 Å². The van der Waals surface area contributed by atoms with Crippen molar-refractivity contribution >= 4 is 5.91 Å². The molecular formula is C13H20N2O. The normalized spacial score (nSPS) is 12.2. The average Bonchev–Trinajstić information content (AvgIpc) is 2.29. The number of nitrogens with one attached hydrogen (secondary N) is 1. The Hall–Kier alpha value is -1.35. The van der Waals surface area contributed by atoms with Gasteiger partial charge in [0.05, 0.1) is 6.42 Å². The molecule has 88 valence electrons. The summed E-state index contributed by atoms with van der Waals surface area (Å²) < 4.78 is 0. The number of carbonyl (C=O) groups excluding carboxylic acids is 1. The summed E-state index contributed by atoms with van der Waals surface area (Å²) in [5, 5.41) is 2.84. The summed E-state index contributed by atoms with van der Waals surface area (Å²) in [5.41, 5.74) is 7.77. The Morgan fingerprint density at radius 3 is 2.38 bits per heavy atom. The van der Waals surface area contributed by atoms with Gasteiger partial charge in [0.15, 0.2) is 0 Å². The average molecular weight is 220 g/mol. The van der Waals surface area contributed by atoms with E-state index in [1.54, 1.807) is 0 Å². The van der Waals surface area contributed by atoms with E-state index in [4.69, 9.17) is 5.73 Å². The van der Waals surface area contributed by atoms with E-state index in [0.717, 1.165) is 12.0 Å². The van der Waals surface area contributed by atoms with Crippen molar-refractivity contribution in [3.05, 3.63) is 35.4 Å². The highest BCUT2D eigenvalue weighted by Gasteiger charge is 2.06. The first-order valence-electron chi connectivity index (χ1n) is 5.73. The minimum absolute atomic E-state index is 0.0298. The number of amides is 1. The van der Waals surface area contributed by atoms with Crippen LogP contribution in [0.4, 0.5) is 0 Å². The monoisotopic (exact) mass is 220 g/mol. The van der Waals surface area contributed by atoms with E-state index in [9.17, 15) is 4.79 Å². The molecule has 0 fully saturated rings. The molecule has 3 N–H and O–H groups in total. The highest BCUT2D eigenvalue weighted by Crippen LogP contribution is 2.05. The first-order chi connectivity index (χ1) is 7.65. The lowest BCUT2D eigenvalue weighted by Crippen LogP contribution is -2.38. The molecular weight excluding hydrogens is 200 g/mol. The number of aryl methyl sites for hydroxylation is 1. The molecule has 1 aromatic carbocycles. The second-order valence-electron chi connectivity index (χ2n) is 4.05. The molecule has 0 aromatic heterocycles. The molecule has 1 atom stereocenters. The zero-order valence-electron chi connectivity index (χ0n) is 9.99. The van der Waals surface area contributed by atoms with Crippen molar-refractivity contribution in [2.45, 2.75) is 32.7 Å². The van der Waals surface area contributed by atoms with Crippen LogP contribution in [0.2, 0.25) is 0 Å². The molecule has 0 saturated carbocycles. The second-order valence-corrected chi connectivity index (χ2v) is 4.05. The van der Waals surface area contributed by atoms with Crippen molar-refractivity contribution in [3.8, 4) is 0 Å². The van der Waals surface area contributed by atoms with Crippen molar-refractivity contribution in [3.63, 3.8) is 0 Å². The van der Waals surface area contributed by atoms with Crippen LogP contribution >= 0.6 is 0 Å². The summed E-state index contributed by atoms with van der Waals surface area (Å²) in [4.78, 5) is 11.6. The van der Waals surface area contributed by atoms with Gasteiger partial charge in [0.25, 0.3) is 0 Å². The minimum Gasteiger partial charge on any atom is -0.352 e. The third-order valence-electron chi connectivity index (χ3n) is 2.56. The SMILES string of the molecule is CCc1ccc(CC(=O)N[C@@H](C)CN)cc1. The highest BCUT2D eigenvalue weighted by molar-refractivity contribution is 5.78. The molecule has 0 aliphatic rings. The summed E-state index contributed by atoms with van der Waals surface area (Å²) in [6.07, 6.45) is 1.45. The fraction of sp³-hybridized carbons (Fsp3) is 0.462. The largest absolute Gasteiger partial charge is 0.352 e. The zero-order valence-corrected chi connectivity index (χ0v) is 9.99. The standard InChI is InChI=1S/C13H20N2O/c1-3-11-4-6-12(7-5-11)8-13(16)15-10(2)9-14/h4-7,10H,3,8-9,14H2,1-2H3,(H,15,16)/t10-/m0/s1. The van der Waals surface area contributed by atoms with Gasteiger partial charge in [-0.05, 0) is 24.5 Å². The van der Waals surface area contributed by atoms with Gasteiger partial charge in [0.2, 0.25) is 5.91 Å². The van der Waals surface area contributed by atoms with Crippen LogP contribution in [0.15, 0.2) is 24.3 Å². The van der Waals surface area contributed by atoms with Gasteiger partial charge in [-0.1, -0.05) is 31.2 Å². The molecule has 0 aliphatic heterocycles. The van der Waals surface area contributed by atoms with Gasteiger partial charge in [-0.15, -0.1) is 0 Å². The molecule has 3 heteroatoms. The lowest BCUT2D eigenvalue weighted by atomic mass is 10.1. The predicted molar refractivity (Wildman–Crippen MR) is 66.2 cm³/mol. The molecule has 0 radical (unpaired) electrons. The first kappa shape index (κ1) is 12.7. The third kappa shape index (κ3) is 4.03. The number of hydrogen-bond donors (Lipinski definition) is 2. The lowest BCUT2D eigenvalue weighted by molar-refractivity contribution is -0.120. The fourth-order valence-electron chi connectivity index (χ4n) is 1.46. The van der Waals surface area contributed by atoms with Gasteiger partial charge in [-0.25, -0.2) is 0 Å². The van der Waals surface area contributed by atoms with Crippen LogP contribution in [-0.4, -0.2) is 18.5 Å². The smallest absolute Gasteiger partial charge is 0.224 e. The fourth-order valence-corrected chi connectivity index (χ4v) is 1.46. The van der Waals surface area contributed by atoms with Crippen LogP contribution in [0.5, 0.6) is 0 Å². The Morgan fingerprint density at radius 2 is 1.88 bits per heavy atom. The van der Waals surface area contributed by atoms with Gasteiger partial charge in [-0.2, -0.15) is 0 Å². The number of hydrogen-bond acceptors (Lipinski definition) is 2. The number of rotatable bonds is 5. The van der Waals surface area contributed by atoms with Gasteiger partial charge in [0.1, 0.15) is 0 Å². The maximum absolute atomic E-state index is 11.6. The van der Waals surface area contributed by atoms with Gasteiger partial charge in [0, 0.05) is 12.6 Å². The van der Waals surface area contributed by atoms with E-state index < -0.39 is 0 Å². The lowest BCUT2D eigenvalue weighted by Gasteiger charge is -2.11. The molecule has 0 unspecified atom stereocenters. The van der Waals surface area contributed by atoms with Crippen LogP contribution in [0, 0.1) is 0 Å². The number of nitrogens with two attached hydrogens (primary N) is 1. The Morgan fingerprint density at radius 1 is 1.31 bits per heavy atom. The summed E-state index contributed by atoms with van der Waals surface area (Å²) in [7, 11) is 0.